The second kappa shape index (κ2) is 7.11. The Bertz CT molecular complexity index is 496. The van der Waals surface area contributed by atoms with Crippen LogP contribution in [0, 0.1) is 0 Å². The van der Waals surface area contributed by atoms with Crippen LogP contribution < -0.4 is 10.1 Å². The number of thiazole rings is 1. The van der Waals surface area contributed by atoms with Gasteiger partial charge in [-0.3, -0.25) is 0 Å². The standard InChI is InChI=1S/C14H18N2O2S/c1-3-18-12-6-4-11(5-7-12)13-10-19-14(16-13)15-8-9-17-2/h4-7,10H,3,8-9H2,1-2H3,(H,15,16). The van der Waals surface area contributed by atoms with Crippen LogP contribution in [0.25, 0.3) is 11.3 Å². The van der Waals surface area contributed by atoms with Crippen LogP contribution >= 0.6 is 11.3 Å². The summed E-state index contributed by atoms with van der Waals surface area (Å²) in [5, 5.41) is 6.19. The summed E-state index contributed by atoms with van der Waals surface area (Å²) in [5.41, 5.74) is 2.08. The van der Waals surface area contributed by atoms with Gasteiger partial charge >= 0.3 is 0 Å². The first-order valence-electron chi connectivity index (χ1n) is 6.25. The summed E-state index contributed by atoms with van der Waals surface area (Å²) in [6.07, 6.45) is 0. The van der Waals surface area contributed by atoms with Gasteiger partial charge in [0.1, 0.15) is 5.75 Å². The largest absolute Gasteiger partial charge is 0.494 e. The van der Waals surface area contributed by atoms with Crippen molar-refractivity contribution in [2.45, 2.75) is 6.92 Å². The lowest BCUT2D eigenvalue weighted by Gasteiger charge is -2.03. The molecule has 0 saturated carbocycles. The average molecular weight is 278 g/mol. The van der Waals surface area contributed by atoms with Gasteiger partial charge in [0.15, 0.2) is 5.13 Å². The monoisotopic (exact) mass is 278 g/mol. The molecule has 0 spiro atoms. The number of ether oxygens (including phenoxy) is 2. The quantitative estimate of drug-likeness (QED) is 0.789. The molecule has 4 nitrogen and oxygen atoms in total. The first kappa shape index (κ1) is 13.8. The predicted octanol–water partition coefficient (Wildman–Crippen LogP) is 3.27. The lowest BCUT2D eigenvalue weighted by molar-refractivity contribution is 0.211. The molecule has 0 atom stereocenters. The van der Waals surface area contributed by atoms with Gasteiger partial charge in [-0.2, -0.15) is 0 Å². The van der Waals surface area contributed by atoms with Gasteiger partial charge < -0.3 is 14.8 Å². The Morgan fingerprint density at radius 3 is 2.74 bits per heavy atom. The molecule has 0 aliphatic rings. The number of aromatic nitrogens is 1. The van der Waals surface area contributed by atoms with E-state index >= 15 is 0 Å². The van der Waals surface area contributed by atoms with Crippen molar-refractivity contribution in [3.05, 3.63) is 29.6 Å². The fourth-order valence-electron chi connectivity index (χ4n) is 1.64. The summed E-state index contributed by atoms with van der Waals surface area (Å²) in [4.78, 5) is 4.54. The van der Waals surface area contributed by atoms with Crippen LogP contribution in [-0.4, -0.2) is 31.9 Å². The average Bonchev–Trinajstić information content (AvgIpc) is 2.89. The van der Waals surface area contributed by atoms with E-state index in [-0.39, 0.29) is 0 Å². The highest BCUT2D eigenvalue weighted by molar-refractivity contribution is 7.14. The fourth-order valence-corrected chi connectivity index (χ4v) is 2.38. The SMILES string of the molecule is CCOc1ccc(-c2csc(NCCOC)n2)cc1. The molecule has 0 unspecified atom stereocenters. The summed E-state index contributed by atoms with van der Waals surface area (Å²) < 4.78 is 10.4. The highest BCUT2D eigenvalue weighted by Gasteiger charge is 2.04. The van der Waals surface area contributed by atoms with Crippen molar-refractivity contribution >= 4 is 16.5 Å². The molecule has 0 bridgehead atoms. The van der Waals surface area contributed by atoms with Crippen molar-refractivity contribution in [2.75, 3.05) is 32.2 Å². The number of rotatable bonds is 7. The van der Waals surface area contributed by atoms with Crippen molar-refractivity contribution in [3.8, 4) is 17.0 Å². The van der Waals surface area contributed by atoms with Crippen molar-refractivity contribution < 1.29 is 9.47 Å². The Labute approximate surface area is 117 Å². The van der Waals surface area contributed by atoms with E-state index in [1.54, 1.807) is 18.4 Å². The number of hydrogen-bond donors (Lipinski definition) is 1. The van der Waals surface area contributed by atoms with E-state index in [0.717, 1.165) is 28.7 Å². The van der Waals surface area contributed by atoms with Gasteiger partial charge in [0, 0.05) is 24.6 Å². The first-order valence-corrected chi connectivity index (χ1v) is 7.13. The molecule has 0 saturated heterocycles. The lowest BCUT2D eigenvalue weighted by atomic mass is 10.2. The number of nitrogens with one attached hydrogen (secondary N) is 1. The lowest BCUT2D eigenvalue weighted by Crippen LogP contribution is -2.06. The number of anilines is 1. The Balaban J connectivity index is 2.01. The maximum absolute atomic E-state index is 5.42. The summed E-state index contributed by atoms with van der Waals surface area (Å²) in [5.74, 6) is 0.889. The van der Waals surface area contributed by atoms with Gasteiger partial charge in [0.05, 0.1) is 18.9 Å². The minimum absolute atomic E-state index is 0.679. The Kier molecular flexibility index (Phi) is 5.18. The van der Waals surface area contributed by atoms with E-state index in [0.29, 0.717) is 13.2 Å². The van der Waals surface area contributed by atoms with Gasteiger partial charge in [0.2, 0.25) is 0 Å². The molecule has 5 heteroatoms. The summed E-state index contributed by atoms with van der Waals surface area (Å²) in [7, 11) is 1.69. The van der Waals surface area contributed by atoms with Crippen LogP contribution in [0.5, 0.6) is 5.75 Å². The normalized spacial score (nSPS) is 10.4. The summed E-state index contributed by atoms with van der Waals surface area (Å²) in [6.45, 7) is 4.11. The third-order valence-corrected chi connectivity index (χ3v) is 3.35. The molecular weight excluding hydrogens is 260 g/mol. The summed E-state index contributed by atoms with van der Waals surface area (Å²) in [6, 6.07) is 7.99. The fraction of sp³-hybridized carbons (Fsp3) is 0.357. The second-order valence-electron chi connectivity index (χ2n) is 3.91. The molecule has 0 fully saturated rings. The van der Waals surface area contributed by atoms with E-state index in [2.05, 4.69) is 10.3 Å². The highest BCUT2D eigenvalue weighted by Crippen LogP contribution is 2.26. The Morgan fingerprint density at radius 1 is 1.26 bits per heavy atom. The zero-order valence-corrected chi connectivity index (χ0v) is 12.0. The van der Waals surface area contributed by atoms with Crippen molar-refractivity contribution in [1.29, 1.82) is 0 Å². The maximum atomic E-state index is 5.42. The molecule has 0 radical (unpaired) electrons. The smallest absolute Gasteiger partial charge is 0.183 e. The Hall–Kier alpha value is -1.59. The molecule has 1 N–H and O–H groups in total. The van der Waals surface area contributed by atoms with E-state index < -0.39 is 0 Å². The van der Waals surface area contributed by atoms with Gasteiger partial charge in [-0.1, -0.05) is 0 Å². The van der Waals surface area contributed by atoms with Crippen LogP contribution in [0.1, 0.15) is 6.92 Å². The molecule has 19 heavy (non-hydrogen) atoms. The topological polar surface area (TPSA) is 43.4 Å². The van der Waals surface area contributed by atoms with Crippen LogP contribution in [0.4, 0.5) is 5.13 Å². The van der Waals surface area contributed by atoms with Gasteiger partial charge in [-0.25, -0.2) is 4.98 Å². The molecule has 102 valence electrons. The minimum Gasteiger partial charge on any atom is -0.494 e. The third-order valence-electron chi connectivity index (χ3n) is 2.55. The Morgan fingerprint density at radius 2 is 2.05 bits per heavy atom. The molecular formula is C14H18N2O2S. The van der Waals surface area contributed by atoms with Crippen LogP contribution in [0.3, 0.4) is 0 Å². The van der Waals surface area contributed by atoms with Crippen LogP contribution in [-0.2, 0) is 4.74 Å². The second-order valence-corrected chi connectivity index (χ2v) is 4.77. The molecule has 2 rings (SSSR count). The number of nitrogens with zero attached hydrogens (tertiary/aromatic N) is 1. The molecule has 0 aliphatic heterocycles. The van der Waals surface area contributed by atoms with Crippen LogP contribution in [0.15, 0.2) is 29.6 Å². The number of hydrogen-bond acceptors (Lipinski definition) is 5. The van der Waals surface area contributed by atoms with E-state index in [9.17, 15) is 0 Å². The molecule has 1 heterocycles. The molecule has 2 aromatic rings. The maximum Gasteiger partial charge on any atom is 0.183 e. The van der Waals surface area contributed by atoms with Crippen molar-refractivity contribution in [2.24, 2.45) is 0 Å². The molecule has 0 amide bonds. The van der Waals surface area contributed by atoms with E-state index in [1.165, 1.54) is 0 Å². The van der Waals surface area contributed by atoms with Gasteiger partial charge in [-0.05, 0) is 31.2 Å². The zero-order chi connectivity index (χ0) is 13.5. The summed E-state index contributed by atoms with van der Waals surface area (Å²) >= 11 is 1.60. The van der Waals surface area contributed by atoms with Crippen molar-refractivity contribution in [3.63, 3.8) is 0 Å². The first-order chi connectivity index (χ1) is 9.33. The molecule has 1 aromatic heterocycles. The van der Waals surface area contributed by atoms with Gasteiger partial charge in [0.25, 0.3) is 0 Å². The molecule has 0 aliphatic carbocycles. The minimum atomic E-state index is 0.679. The number of methoxy groups -OCH3 is 1. The van der Waals surface area contributed by atoms with Gasteiger partial charge in [-0.15, -0.1) is 11.3 Å². The third kappa shape index (κ3) is 3.94. The zero-order valence-electron chi connectivity index (χ0n) is 11.2. The number of benzene rings is 1. The molecule has 1 aromatic carbocycles. The highest BCUT2D eigenvalue weighted by atomic mass is 32.1. The predicted molar refractivity (Wildman–Crippen MR) is 79.1 cm³/mol. The van der Waals surface area contributed by atoms with Crippen LogP contribution in [0.2, 0.25) is 0 Å². The van der Waals surface area contributed by atoms with E-state index in [4.69, 9.17) is 9.47 Å². The van der Waals surface area contributed by atoms with E-state index in [1.807, 2.05) is 36.6 Å². The van der Waals surface area contributed by atoms with Crippen molar-refractivity contribution in [1.82, 2.24) is 4.98 Å².